The Kier molecular flexibility index (Phi) is 3.13. The first-order valence-electron chi connectivity index (χ1n) is 4.85. The predicted molar refractivity (Wildman–Crippen MR) is 59.2 cm³/mol. The summed E-state index contributed by atoms with van der Waals surface area (Å²) in [5, 5.41) is 8.64. The molecular weight excluding hydrogens is 216 g/mol. The van der Waals surface area contributed by atoms with Gasteiger partial charge in [-0.3, -0.25) is 0 Å². The van der Waals surface area contributed by atoms with Crippen molar-refractivity contribution in [2.45, 2.75) is 0 Å². The summed E-state index contributed by atoms with van der Waals surface area (Å²) >= 11 is 0. The second-order valence-corrected chi connectivity index (χ2v) is 3.18. The van der Waals surface area contributed by atoms with Gasteiger partial charge in [0.15, 0.2) is 0 Å². The molecule has 0 saturated carbocycles. The fraction of sp³-hybridized carbons (Fsp3) is 0. The van der Waals surface area contributed by atoms with Crippen LogP contribution >= 0.6 is 0 Å². The van der Waals surface area contributed by atoms with Gasteiger partial charge in [-0.15, -0.1) is 0 Å². The van der Waals surface area contributed by atoms with Gasteiger partial charge in [0, 0.05) is 12.1 Å². The molecule has 4 heteroatoms. The Bertz CT molecular complexity index is 573. The predicted octanol–water partition coefficient (Wildman–Crippen LogP) is 1.97. The highest BCUT2D eigenvalue weighted by atomic mass is 16.5. The third-order valence-electron chi connectivity index (χ3n) is 2.01. The van der Waals surface area contributed by atoms with E-state index in [-0.39, 0.29) is 11.4 Å². The summed E-state index contributed by atoms with van der Waals surface area (Å²) in [6.07, 6.45) is 2.49. The molecule has 0 unspecified atom stereocenters. The summed E-state index contributed by atoms with van der Waals surface area (Å²) in [6.45, 7) is 0. The minimum absolute atomic E-state index is 0.156. The molecule has 0 aliphatic rings. The third kappa shape index (κ3) is 2.67. The van der Waals surface area contributed by atoms with E-state index in [0.717, 1.165) is 0 Å². The molecule has 0 saturated heterocycles. The maximum Gasteiger partial charge on any atom is 0.343 e. The van der Waals surface area contributed by atoms with Crippen LogP contribution in [0.15, 0.2) is 42.5 Å². The van der Waals surface area contributed by atoms with Gasteiger partial charge in [-0.2, -0.15) is 5.26 Å². The highest BCUT2D eigenvalue weighted by Crippen LogP contribution is 2.12. The summed E-state index contributed by atoms with van der Waals surface area (Å²) in [5.74, 6) is -0.223. The van der Waals surface area contributed by atoms with Crippen LogP contribution in [0.2, 0.25) is 0 Å². The highest BCUT2D eigenvalue weighted by molar-refractivity contribution is 5.90. The highest BCUT2D eigenvalue weighted by Gasteiger charge is 2.08. The zero-order chi connectivity index (χ0) is 12.1. The summed E-state index contributed by atoms with van der Waals surface area (Å²) in [4.78, 5) is 15.3. The molecule has 1 aromatic carbocycles. The van der Waals surface area contributed by atoms with Crippen molar-refractivity contribution >= 4 is 5.97 Å². The maximum atomic E-state index is 11.7. The van der Waals surface area contributed by atoms with Crippen molar-refractivity contribution in [2.75, 3.05) is 0 Å². The molecule has 2 rings (SSSR count). The lowest BCUT2D eigenvalue weighted by Gasteiger charge is -2.03. The Labute approximate surface area is 98.1 Å². The van der Waals surface area contributed by atoms with Crippen molar-refractivity contribution in [3.63, 3.8) is 0 Å². The van der Waals surface area contributed by atoms with Crippen LogP contribution < -0.4 is 4.74 Å². The zero-order valence-corrected chi connectivity index (χ0v) is 8.75. The lowest BCUT2D eigenvalue weighted by atomic mass is 10.2. The molecule has 81 valence electrons. The second-order valence-electron chi connectivity index (χ2n) is 3.18. The third-order valence-corrected chi connectivity index (χ3v) is 2.01. The zero-order valence-electron chi connectivity index (χ0n) is 8.75. The minimum Gasteiger partial charge on any atom is -0.423 e. The van der Waals surface area contributed by atoms with Crippen molar-refractivity contribution in [1.82, 2.24) is 4.98 Å². The molecule has 4 nitrogen and oxygen atoms in total. The fourth-order valence-corrected chi connectivity index (χ4v) is 1.23. The number of hydrogen-bond acceptors (Lipinski definition) is 4. The molecule has 0 fully saturated rings. The number of esters is 1. The maximum absolute atomic E-state index is 11.7. The van der Waals surface area contributed by atoms with Gasteiger partial charge in [-0.25, -0.2) is 9.78 Å². The summed E-state index contributed by atoms with van der Waals surface area (Å²) in [5.41, 5.74) is 0.603. The van der Waals surface area contributed by atoms with Crippen LogP contribution in [0.1, 0.15) is 16.1 Å². The first-order valence-corrected chi connectivity index (χ1v) is 4.85. The quantitative estimate of drug-likeness (QED) is 0.730. The molecule has 0 bridgehead atoms. The van der Waals surface area contributed by atoms with Gasteiger partial charge in [0.1, 0.15) is 17.5 Å². The van der Waals surface area contributed by atoms with Crippen LogP contribution in [0.5, 0.6) is 5.75 Å². The van der Waals surface area contributed by atoms with Gasteiger partial charge < -0.3 is 4.74 Å². The Morgan fingerprint density at radius 3 is 2.82 bits per heavy atom. The summed E-state index contributed by atoms with van der Waals surface area (Å²) in [7, 11) is 0. The van der Waals surface area contributed by atoms with Crippen LogP contribution in [0.25, 0.3) is 0 Å². The standard InChI is InChI=1S/C13H7N2O2/c14-9-11-8-12(6-7-15-11)17-13(16)10-4-2-1-3-5-10/h1-6,8H. The van der Waals surface area contributed by atoms with Gasteiger partial charge in [0.05, 0.1) is 11.8 Å². The smallest absolute Gasteiger partial charge is 0.343 e. The largest absolute Gasteiger partial charge is 0.423 e. The molecule has 1 aromatic heterocycles. The van der Waals surface area contributed by atoms with E-state index in [1.807, 2.05) is 12.1 Å². The molecule has 0 aliphatic heterocycles. The lowest BCUT2D eigenvalue weighted by molar-refractivity contribution is 0.0734. The monoisotopic (exact) mass is 223 g/mol. The average molecular weight is 223 g/mol. The fourth-order valence-electron chi connectivity index (χ4n) is 1.23. The van der Waals surface area contributed by atoms with Gasteiger partial charge >= 0.3 is 5.97 Å². The lowest BCUT2D eigenvalue weighted by Crippen LogP contribution is -2.08. The molecule has 0 aliphatic carbocycles. The number of pyridine rings is 1. The number of benzene rings is 1. The molecule has 1 heterocycles. The Hall–Kier alpha value is -2.67. The van der Waals surface area contributed by atoms with Crippen LogP contribution in [-0.4, -0.2) is 11.0 Å². The van der Waals surface area contributed by atoms with E-state index in [1.54, 1.807) is 24.3 Å². The second kappa shape index (κ2) is 4.90. The Morgan fingerprint density at radius 1 is 1.35 bits per heavy atom. The van der Waals surface area contributed by atoms with E-state index in [1.165, 1.54) is 12.1 Å². The molecule has 0 atom stereocenters. The first-order chi connectivity index (χ1) is 8.29. The van der Waals surface area contributed by atoms with Gasteiger partial charge in [0.25, 0.3) is 0 Å². The minimum atomic E-state index is -0.478. The number of nitrogens with zero attached hydrogens (tertiary/aromatic N) is 2. The van der Waals surface area contributed by atoms with Gasteiger partial charge in [-0.05, 0) is 12.1 Å². The molecule has 2 aromatic rings. The van der Waals surface area contributed by atoms with Crippen LogP contribution in [0.3, 0.4) is 0 Å². The van der Waals surface area contributed by atoms with E-state index >= 15 is 0 Å². The normalized spacial score (nSPS) is 9.35. The number of rotatable bonds is 2. The molecule has 0 N–H and O–H groups in total. The summed E-state index contributed by atoms with van der Waals surface area (Å²) in [6, 6.07) is 13.2. The molecule has 0 spiro atoms. The molecule has 0 amide bonds. The van der Waals surface area contributed by atoms with E-state index in [4.69, 9.17) is 10.00 Å². The van der Waals surface area contributed by atoms with Crippen molar-refractivity contribution in [3.8, 4) is 11.8 Å². The van der Waals surface area contributed by atoms with E-state index in [2.05, 4.69) is 11.2 Å². The number of hydrogen-bond donors (Lipinski definition) is 0. The Morgan fingerprint density at radius 2 is 2.12 bits per heavy atom. The number of carbonyl (C=O) groups excluding carboxylic acids is 1. The van der Waals surface area contributed by atoms with Crippen LogP contribution in [0, 0.1) is 17.5 Å². The number of ether oxygens (including phenoxy) is 1. The molecule has 17 heavy (non-hydrogen) atoms. The first kappa shape index (κ1) is 10.8. The average Bonchev–Trinajstić information content (AvgIpc) is 2.40. The van der Waals surface area contributed by atoms with Gasteiger partial charge in [0.2, 0.25) is 0 Å². The van der Waals surface area contributed by atoms with E-state index < -0.39 is 5.97 Å². The van der Waals surface area contributed by atoms with E-state index in [0.29, 0.717) is 5.56 Å². The number of carbonyl (C=O) groups is 1. The number of aromatic nitrogens is 1. The molecular formula is C13H7N2O2. The van der Waals surface area contributed by atoms with Crippen molar-refractivity contribution in [2.24, 2.45) is 0 Å². The SMILES string of the molecule is N#Cc1cc(OC(=O)c2ccccc2)c[c]n1. The number of nitriles is 1. The van der Waals surface area contributed by atoms with Crippen molar-refractivity contribution in [3.05, 3.63) is 59.9 Å². The van der Waals surface area contributed by atoms with Gasteiger partial charge in [-0.1, -0.05) is 18.2 Å². The molecule has 1 radical (unpaired) electrons. The summed E-state index contributed by atoms with van der Waals surface area (Å²) < 4.78 is 5.08. The topological polar surface area (TPSA) is 63.0 Å². The van der Waals surface area contributed by atoms with Crippen LogP contribution in [0.4, 0.5) is 0 Å². The van der Waals surface area contributed by atoms with Crippen LogP contribution in [-0.2, 0) is 0 Å². The van der Waals surface area contributed by atoms with E-state index in [9.17, 15) is 4.79 Å². The Balaban J connectivity index is 2.17. The van der Waals surface area contributed by atoms with Crippen molar-refractivity contribution < 1.29 is 9.53 Å². The van der Waals surface area contributed by atoms with Crippen molar-refractivity contribution in [1.29, 1.82) is 5.26 Å².